The third-order valence-corrected chi connectivity index (χ3v) is 4.42. The van der Waals surface area contributed by atoms with Crippen LogP contribution in [0.2, 0.25) is 0 Å². The van der Waals surface area contributed by atoms with Crippen molar-refractivity contribution in [3.63, 3.8) is 0 Å². The highest BCUT2D eigenvalue weighted by atomic mass is 15.2. The highest BCUT2D eigenvalue weighted by Gasteiger charge is 2.45. The lowest BCUT2D eigenvalue weighted by molar-refractivity contribution is 0.0998. The molecule has 1 aliphatic rings. The van der Waals surface area contributed by atoms with Gasteiger partial charge in [-0.1, -0.05) is 19.8 Å². The first-order chi connectivity index (χ1) is 8.62. The lowest BCUT2D eigenvalue weighted by Crippen LogP contribution is -2.52. The van der Waals surface area contributed by atoms with Gasteiger partial charge in [0, 0.05) is 25.0 Å². The quantitative estimate of drug-likeness (QED) is 0.867. The molecule has 1 aromatic heterocycles. The summed E-state index contributed by atoms with van der Waals surface area (Å²) in [7, 11) is 6.50. The Labute approximate surface area is 110 Å². The number of imidazole rings is 1. The third-order valence-electron chi connectivity index (χ3n) is 4.42. The molecule has 0 radical (unpaired) electrons. The van der Waals surface area contributed by atoms with Gasteiger partial charge in [0.15, 0.2) is 0 Å². The molecule has 1 aromatic rings. The molecule has 1 atom stereocenters. The van der Waals surface area contributed by atoms with Gasteiger partial charge in [-0.25, -0.2) is 4.98 Å². The van der Waals surface area contributed by atoms with Gasteiger partial charge in [0.1, 0.15) is 5.82 Å². The van der Waals surface area contributed by atoms with Crippen molar-refractivity contribution in [3.05, 3.63) is 18.2 Å². The molecule has 1 N–H and O–H groups in total. The number of nitrogens with one attached hydrogen (secondary N) is 1. The minimum absolute atomic E-state index is 0.217. The van der Waals surface area contributed by atoms with Crippen LogP contribution in [0.1, 0.15) is 44.5 Å². The number of rotatable bonds is 5. The van der Waals surface area contributed by atoms with E-state index in [2.05, 4.69) is 47.8 Å². The number of hydrogen-bond donors (Lipinski definition) is 1. The van der Waals surface area contributed by atoms with Crippen LogP contribution in [-0.2, 0) is 7.05 Å². The van der Waals surface area contributed by atoms with Gasteiger partial charge >= 0.3 is 0 Å². The van der Waals surface area contributed by atoms with Crippen LogP contribution < -0.4 is 5.32 Å². The van der Waals surface area contributed by atoms with Crippen molar-refractivity contribution in [1.29, 1.82) is 0 Å². The highest BCUT2D eigenvalue weighted by Crippen LogP contribution is 2.42. The maximum Gasteiger partial charge on any atom is 0.127 e. The second kappa shape index (κ2) is 5.41. The van der Waals surface area contributed by atoms with Gasteiger partial charge in [0.25, 0.3) is 0 Å². The van der Waals surface area contributed by atoms with Gasteiger partial charge in [-0.3, -0.25) is 0 Å². The van der Waals surface area contributed by atoms with Gasteiger partial charge in [0.05, 0.1) is 6.04 Å². The van der Waals surface area contributed by atoms with E-state index in [0.717, 1.165) is 12.4 Å². The van der Waals surface area contributed by atoms with E-state index in [9.17, 15) is 0 Å². The molecule has 0 amide bonds. The normalized spacial score (nSPS) is 20.5. The Morgan fingerprint density at radius 2 is 2.11 bits per heavy atom. The zero-order valence-electron chi connectivity index (χ0n) is 12.1. The average molecular weight is 250 g/mol. The Morgan fingerprint density at radius 1 is 1.44 bits per heavy atom. The van der Waals surface area contributed by atoms with Crippen LogP contribution in [0.4, 0.5) is 0 Å². The molecule has 0 bridgehead atoms. The molecule has 0 aliphatic heterocycles. The first-order valence-corrected chi connectivity index (χ1v) is 7.00. The SMILES string of the molecule is CCNC(c1nccn1C)C1(N(C)C)CCCC1. The van der Waals surface area contributed by atoms with Gasteiger partial charge < -0.3 is 14.8 Å². The van der Waals surface area contributed by atoms with Crippen LogP contribution in [0, 0.1) is 0 Å². The molecule has 0 spiro atoms. The fourth-order valence-corrected chi connectivity index (χ4v) is 3.36. The summed E-state index contributed by atoms with van der Waals surface area (Å²) < 4.78 is 2.15. The molecule has 102 valence electrons. The van der Waals surface area contributed by atoms with Crippen LogP contribution >= 0.6 is 0 Å². The molecule has 4 nitrogen and oxygen atoms in total. The van der Waals surface area contributed by atoms with E-state index in [1.54, 1.807) is 0 Å². The van der Waals surface area contributed by atoms with Crippen molar-refractivity contribution in [2.45, 2.75) is 44.2 Å². The third kappa shape index (κ3) is 2.19. The predicted molar refractivity (Wildman–Crippen MR) is 74.5 cm³/mol. The monoisotopic (exact) mass is 250 g/mol. The van der Waals surface area contributed by atoms with E-state index in [1.165, 1.54) is 25.7 Å². The fraction of sp³-hybridized carbons (Fsp3) is 0.786. The summed E-state index contributed by atoms with van der Waals surface area (Å²) in [6, 6.07) is 0.319. The van der Waals surface area contributed by atoms with E-state index >= 15 is 0 Å². The number of aryl methyl sites for hydroxylation is 1. The van der Waals surface area contributed by atoms with Crippen molar-refractivity contribution in [2.75, 3.05) is 20.6 Å². The fourth-order valence-electron chi connectivity index (χ4n) is 3.36. The molecule has 1 unspecified atom stereocenters. The van der Waals surface area contributed by atoms with Crippen molar-refractivity contribution in [2.24, 2.45) is 7.05 Å². The van der Waals surface area contributed by atoms with Crippen LogP contribution in [0.25, 0.3) is 0 Å². The Bertz CT molecular complexity index is 377. The molecule has 0 saturated heterocycles. The van der Waals surface area contributed by atoms with E-state index in [4.69, 9.17) is 0 Å². The van der Waals surface area contributed by atoms with Gasteiger partial charge in [-0.2, -0.15) is 0 Å². The minimum Gasteiger partial charge on any atom is -0.337 e. The lowest BCUT2D eigenvalue weighted by atomic mass is 9.86. The molecule has 2 rings (SSSR count). The number of likely N-dealkylation sites (N-methyl/N-ethyl adjacent to an activating group) is 2. The highest BCUT2D eigenvalue weighted by molar-refractivity contribution is 5.12. The van der Waals surface area contributed by atoms with Crippen LogP contribution in [0.5, 0.6) is 0 Å². The first-order valence-electron chi connectivity index (χ1n) is 7.00. The second-order valence-electron chi connectivity index (χ2n) is 5.59. The van der Waals surface area contributed by atoms with Crippen LogP contribution in [-0.4, -0.2) is 40.6 Å². The average Bonchev–Trinajstić information content (AvgIpc) is 2.95. The van der Waals surface area contributed by atoms with Gasteiger partial charge in [-0.05, 0) is 33.5 Å². The molecule has 1 aliphatic carbocycles. The van der Waals surface area contributed by atoms with Crippen LogP contribution in [0.15, 0.2) is 12.4 Å². The Kier molecular flexibility index (Phi) is 4.07. The molecule has 1 saturated carbocycles. The molecule has 4 heteroatoms. The Morgan fingerprint density at radius 3 is 2.56 bits per heavy atom. The van der Waals surface area contributed by atoms with Crippen molar-refractivity contribution >= 4 is 0 Å². The van der Waals surface area contributed by atoms with E-state index in [-0.39, 0.29) is 5.54 Å². The summed E-state index contributed by atoms with van der Waals surface area (Å²) in [6.07, 6.45) is 9.10. The smallest absolute Gasteiger partial charge is 0.127 e. The van der Waals surface area contributed by atoms with Gasteiger partial charge in [0.2, 0.25) is 0 Å². The first kappa shape index (κ1) is 13.6. The van der Waals surface area contributed by atoms with Crippen molar-refractivity contribution in [1.82, 2.24) is 19.8 Å². The molecule has 1 fully saturated rings. The van der Waals surface area contributed by atoms with E-state index < -0.39 is 0 Å². The van der Waals surface area contributed by atoms with E-state index in [1.807, 2.05) is 12.4 Å². The number of nitrogens with zero attached hydrogens (tertiary/aromatic N) is 3. The Hall–Kier alpha value is -0.870. The topological polar surface area (TPSA) is 33.1 Å². The molecular formula is C14H26N4. The maximum absolute atomic E-state index is 4.58. The van der Waals surface area contributed by atoms with Crippen molar-refractivity contribution in [3.8, 4) is 0 Å². The summed E-state index contributed by atoms with van der Waals surface area (Å²) in [6.45, 7) is 3.15. The summed E-state index contributed by atoms with van der Waals surface area (Å²) in [5.41, 5.74) is 0.217. The number of hydrogen-bond acceptors (Lipinski definition) is 3. The maximum atomic E-state index is 4.58. The van der Waals surface area contributed by atoms with Gasteiger partial charge in [-0.15, -0.1) is 0 Å². The summed E-state index contributed by atoms with van der Waals surface area (Å²) in [4.78, 5) is 6.99. The summed E-state index contributed by atoms with van der Waals surface area (Å²) in [5.74, 6) is 1.16. The standard InChI is InChI=1S/C14H26N4/c1-5-15-12(13-16-10-11-18(13)4)14(17(2)3)8-6-7-9-14/h10-12,15H,5-9H2,1-4H3. The number of aromatic nitrogens is 2. The summed E-state index contributed by atoms with van der Waals surface area (Å²) in [5, 5.41) is 3.66. The summed E-state index contributed by atoms with van der Waals surface area (Å²) >= 11 is 0. The van der Waals surface area contributed by atoms with Crippen molar-refractivity contribution < 1.29 is 0 Å². The molecule has 1 heterocycles. The predicted octanol–water partition coefficient (Wildman–Crippen LogP) is 1.95. The second-order valence-corrected chi connectivity index (χ2v) is 5.59. The molecular weight excluding hydrogens is 224 g/mol. The minimum atomic E-state index is 0.217. The van der Waals surface area contributed by atoms with E-state index in [0.29, 0.717) is 6.04 Å². The lowest BCUT2D eigenvalue weighted by Gasteiger charge is -2.43. The zero-order chi connectivity index (χ0) is 13.2. The molecule has 18 heavy (non-hydrogen) atoms. The molecule has 0 aromatic carbocycles. The zero-order valence-corrected chi connectivity index (χ0v) is 12.1. The Balaban J connectivity index is 2.37. The largest absolute Gasteiger partial charge is 0.337 e. The van der Waals surface area contributed by atoms with Crippen LogP contribution in [0.3, 0.4) is 0 Å².